The van der Waals surface area contributed by atoms with Gasteiger partial charge >= 0.3 is 0 Å². The Hall–Kier alpha value is -0.320. The molecule has 0 spiro atoms. The van der Waals surface area contributed by atoms with Gasteiger partial charge in [0.2, 0.25) is 0 Å². The lowest BCUT2D eigenvalue weighted by molar-refractivity contribution is -0.137. The predicted octanol–water partition coefficient (Wildman–Crippen LogP) is 0.0473. The molecule has 0 saturated carbocycles. The minimum Gasteiger partial charge on any atom is -0.381 e. The zero-order valence-corrected chi connectivity index (χ0v) is 9.49. The zero-order valence-electron chi connectivity index (χ0n) is 8.67. The van der Waals surface area contributed by atoms with Crippen LogP contribution in [0.25, 0.3) is 0 Å². The maximum Gasteiger partial charge on any atom is 0.251 e. The van der Waals surface area contributed by atoms with Crippen molar-refractivity contribution in [2.24, 2.45) is 0 Å². The normalized spacial score (nSPS) is 18.5. The van der Waals surface area contributed by atoms with Crippen LogP contribution in [0.5, 0.6) is 0 Å². The summed E-state index contributed by atoms with van der Waals surface area (Å²) in [4.78, 5) is 11.4. The second-order valence-electron chi connectivity index (χ2n) is 4.06. The molecule has 0 atom stereocenters. The van der Waals surface area contributed by atoms with E-state index in [0.29, 0.717) is 0 Å². The van der Waals surface area contributed by atoms with Crippen LogP contribution in [-0.4, -0.2) is 35.7 Å². The van der Waals surface area contributed by atoms with Crippen molar-refractivity contribution in [3.8, 4) is 0 Å². The molecule has 1 aliphatic heterocycles. The van der Waals surface area contributed by atoms with Crippen molar-refractivity contribution in [2.45, 2.75) is 38.3 Å². The molecule has 1 aliphatic rings. The van der Waals surface area contributed by atoms with Gasteiger partial charge in [0, 0.05) is 6.04 Å². The van der Waals surface area contributed by atoms with Crippen molar-refractivity contribution < 1.29 is 9.90 Å². The fourth-order valence-electron chi connectivity index (χ4n) is 1.33. The molecule has 1 fully saturated rings. The molecule has 1 heterocycles. The Morgan fingerprint density at radius 1 is 1.43 bits per heavy atom. The number of hydrogen-bond donors (Lipinski definition) is 3. The van der Waals surface area contributed by atoms with Gasteiger partial charge in [-0.05, 0) is 39.8 Å². The summed E-state index contributed by atoms with van der Waals surface area (Å²) in [5.74, 6) is -0.278. The Labute approximate surface area is 90.9 Å². The number of aliphatic hydroxyl groups is 1. The van der Waals surface area contributed by atoms with Crippen LogP contribution in [0.3, 0.4) is 0 Å². The standard InChI is InChI=1S/C9H18N2O2.ClH/c1-9(2,13)8(12)11-7-3-5-10-6-4-7;/h7,10,13H,3-6H2,1-2H3,(H,11,12);1H. The smallest absolute Gasteiger partial charge is 0.251 e. The molecule has 3 N–H and O–H groups in total. The molecule has 1 amide bonds. The third-order valence-corrected chi connectivity index (χ3v) is 2.23. The molecule has 0 radical (unpaired) electrons. The number of carbonyl (C=O) groups excluding carboxylic acids is 1. The van der Waals surface area contributed by atoms with E-state index in [1.165, 1.54) is 13.8 Å². The number of rotatable bonds is 2. The van der Waals surface area contributed by atoms with Gasteiger partial charge in [-0.25, -0.2) is 0 Å². The van der Waals surface area contributed by atoms with Crippen LogP contribution in [0.2, 0.25) is 0 Å². The van der Waals surface area contributed by atoms with E-state index in [4.69, 9.17) is 0 Å². The van der Waals surface area contributed by atoms with Gasteiger partial charge in [-0.2, -0.15) is 0 Å². The second-order valence-corrected chi connectivity index (χ2v) is 4.06. The predicted molar refractivity (Wildman–Crippen MR) is 57.6 cm³/mol. The van der Waals surface area contributed by atoms with Crippen LogP contribution < -0.4 is 10.6 Å². The molecule has 0 aromatic carbocycles. The van der Waals surface area contributed by atoms with Gasteiger partial charge in [-0.3, -0.25) is 4.79 Å². The summed E-state index contributed by atoms with van der Waals surface area (Å²) in [7, 11) is 0. The summed E-state index contributed by atoms with van der Waals surface area (Å²) in [5.41, 5.74) is -1.26. The molecule has 0 bridgehead atoms. The number of halogens is 1. The topological polar surface area (TPSA) is 61.4 Å². The fourth-order valence-corrected chi connectivity index (χ4v) is 1.33. The number of amides is 1. The van der Waals surface area contributed by atoms with Crippen molar-refractivity contribution in [3.63, 3.8) is 0 Å². The fraction of sp³-hybridized carbons (Fsp3) is 0.889. The SMILES string of the molecule is CC(C)(O)C(=O)NC1CCNCC1.Cl. The van der Waals surface area contributed by atoms with E-state index in [1.54, 1.807) is 0 Å². The van der Waals surface area contributed by atoms with Gasteiger partial charge in [-0.1, -0.05) is 0 Å². The second kappa shape index (κ2) is 5.53. The van der Waals surface area contributed by atoms with Gasteiger partial charge in [0.1, 0.15) is 5.60 Å². The van der Waals surface area contributed by atoms with E-state index >= 15 is 0 Å². The molecule has 0 unspecified atom stereocenters. The summed E-state index contributed by atoms with van der Waals surface area (Å²) in [6, 6.07) is 0.222. The first-order chi connectivity index (χ1) is 6.00. The maximum absolute atomic E-state index is 11.4. The third-order valence-electron chi connectivity index (χ3n) is 2.23. The van der Waals surface area contributed by atoms with Crippen molar-refractivity contribution in [3.05, 3.63) is 0 Å². The monoisotopic (exact) mass is 222 g/mol. The van der Waals surface area contributed by atoms with Crippen molar-refractivity contribution in [2.75, 3.05) is 13.1 Å². The Morgan fingerprint density at radius 3 is 2.36 bits per heavy atom. The summed E-state index contributed by atoms with van der Waals surface area (Å²) >= 11 is 0. The van der Waals surface area contributed by atoms with Gasteiger partial charge in [0.05, 0.1) is 0 Å². The van der Waals surface area contributed by atoms with Crippen LogP contribution in [0, 0.1) is 0 Å². The van der Waals surface area contributed by atoms with Gasteiger partial charge in [0.15, 0.2) is 0 Å². The van der Waals surface area contributed by atoms with E-state index in [2.05, 4.69) is 10.6 Å². The Bertz CT molecular complexity index is 186. The molecular weight excluding hydrogens is 204 g/mol. The van der Waals surface area contributed by atoms with E-state index in [1.807, 2.05) is 0 Å². The minimum atomic E-state index is -1.26. The summed E-state index contributed by atoms with van der Waals surface area (Å²) in [6.45, 7) is 4.89. The van der Waals surface area contributed by atoms with Crippen molar-refractivity contribution in [1.29, 1.82) is 0 Å². The van der Waals surface area contributed by atoms with E-state index in [9.17, 15) is 9.90 Å². The molecule has 0 aromatic rings. The van der Waals surface area contributed by atoms with Crippen molar-refractivity contribution in [1.82, 2.24) is 10.6 Å². The highest BCUT2D eigenvalue weighted by atomic mass is 35.5. The third kappa shape index (κ3) is 4.26. The molecular formula is C9H19ClN2O2. The zero-order chi connectivity index (χ0) is 9.90. The van der Waals surface area contributed by atoms with Gasteiger partial charge in [-0.15, -0.1) is 12.4 Å². The number of piperidine rings is 1. The first kappa shape index (κ1) is 13.7. The van der Waals surface area contributed by atoms with E-state index in [0.717, 1.165) is 25.9 Å². The molecule has 14 heavy (non-hydrogen) atoms. The summed E-state index contributed by atoms with van der Waals surface area (Å²) < 4.78 is 0. The Morgan fingerprint density at radius 2 is 1.93 bits per heavy atom. The maximum atomic E-state index is 11.4. The molecule has 5 heteroatoms. The van der Waals surface area contributed by atoms with Crippen LogP contribution >= 0.6 is 12.4 Å². The Kier molecular flexibility index (Phi) is 5.41. The van der Waals surface area contributed by atoms with E-state index in [-0.39, 0.29) is 24.4 Å². The minimum absolute atomic E-state index is 0. The lowest BCUT2D eigenvalue weighted by Crippen LogP contribution is -2.49. The lowest BCUT2D eigenvalue weighted by Gasteiger charge is -2.26. The van der Waals surface area contributed by atoms with Crippen LogP contribution in [-0.2, 0) is 4.79 Å². The molecule has 0 aromatic heterocycles. The molecule has 4 nitrogen and oxygen atoms in total. The quantitative estimate of drug-likeness (QED) is 0.619. The molecule has 84 valence electrons. The average molecular weight is 223 g/mol. The molecule has 0 aliphatic carbocycles. The van der Waals surface area contributed by atoms with E-state index < -0.39 is 5.60 Å². The largest absolute Gasteiger partial charge is 0.381 e. The van der Waals surface area contributed by atoms with Crippen LogP contribution in [0.15, 0.2) is 0 Å². The Balaban J connectivity index is 0.00000169. The van der Waals surface area contributed by atoms with Crippen LogP contribution in [0.4, 0.5) is 0 Å². The number of carbonyl (C=O) groups is 1. The summed E-state index contributed by atoms with van der Waals surface area (Å²) in [6.07, 6.45) is 1.89. The highest BCUT2D eigenvalue weighted by Crippen LogP contribution is 2.06. The molecule has 1 rings (SSSR count). The summed E-state index contributed by atoms with van der Waals surface area (Å²) in [5, 5.41) is 15.4. The molecule has 1 saturated heterocycles. The number of hydrogen-bond acceptors (Lipinski definition) is 3. The highest BCUT2D eigenvalue weighted by molar-refractivity contribution is 5.85. The lowest BCUT2D eigenvalue weighted by atomic mass is 10.0. The van der Waals surface area contributed by atoms with Gasteiger partial charge in [0.25, 0.3) is 5.91 Å². The first-order valence-electron chi connectivity index (χ1n) is 4.74. The highest BCUT2D eigenvalue weighted by Gasteiger charge is 2.26. The number of nitrogens with one attached hydrogen (secondary N) is 2. The van der Waals surface area contributed by atoms with Crippen molar-refractivity contribution >= 4 is 18.3 Å². The van der Waals surface area contributed by atoms with Gasteiger partial charge < -0.3 is 15.7 Å². The average Bonchev–Trinajstić information content (AvgIpc) is 2.04. The van der Waals surface area contributed by atoms with Crippen LogP contribution in [0.1, 0.15) is 26.7 Å². The first-order valence-corrected chi connectivity index (χ1v) is 4.74.